The maximum Gasteiger partial charge on any atom is 0.303 e. The van der Waals surface area contributed by atoms with Gasteiger partial charge < -0.3 is 15.2 Å². The Bertz CT molecular complexity index is 380. The molecular weight excluding hydrogens is 220 g/mol. The lowest BCUT2D eigenvalue weighted by Crippen LogP contribution is -2.16. The highest BCUT2D eigenvalue weighted by Gasteiger charge is 2.01. The van der Waals surface area contributed by atoms with Crippen molar-refractivity contribution in [2.45, 2.75) is 26.3 Å². The molecule has 5 heteroatoms. The third-order valence-corrected chi connectivity index (χ3v) is 2.27. The first-order chi connectivity index (χ1) is 8.11. The van der Waals surface area contributed by atoms with Gasteiger partial charge in [-0.25, -0.2) is 0 Å². The number of aromatic nitrogens is 1. The van der Waals surface area contributed by atoms with Crippen molar-refractivity contribution in [1.82, 2.24) is 10.3 Å². The number of methoxy groups -OCH3 is 1. The van der Waals surface area contributed by atoms with Gasteiger partial charge in [0.2, 0.25) is 0 Å². The average molecular weight is 238 g/mol. The zero-order valence-electron chi connectivity index (χ0n) is 10.2. The van der Waals surface area contributed by atoms with Crippen LogP contribution in [-0.2, 0) is 11.3 Å². The Morgan fingerprint density at radius 2 is 2.29 bits per heavy atom. The predicted molar refractivity (Wildman–Crippen MR) is 64.1 cm³/mol. The standard InChI is InChI=1S/C12H18N2O3/c1-9-6-11(17-2)7-10(14-9)8-13-5-3-4-12(15)16/h6-7,13H,3-5,8H2,1-2H3,(H,15,16). The van der Waals surface area contributed by atoms with Gasteiger partial charge in [-0.15, -0.1) is 0 Å². The fourth-order valence-corrected chi connectivity index (χ4v) is 1.49. The number of ether oxygens (including phenoxy) is 1. The molecule has 5 nitrogen and oxygen atoms in total. The number of carboxylic acids is 1. The number of aliphatic carboxylic acids is 1. The van der Waals surface area contributed by atoms with Gasteiger partial charge in [-0.3, -0.25) is 9.78 Å². The summed E-state index contributed by atoms with van der Waals surface area (Å²) in [4.78, 5) is 14.7. The Morgan fingerprint density at radius 1 is 1.53 bits per heavy atom. The van der Waals surface area contributed by atoms with Crippen LogP contribution in [0.25, 0.3) is 0 Å². The molecule has 0 saturated heterocycles. The van der Waals surface area contributed by atoms with Gasteiger partial charge in [0.05, 0.1) is 12.8 Å². The minimum Gasteiger partial charge on any atom is -0.497 e. The van der Waals surface area contributed by atoms with Gasteiger partial charge in [0, 0.05) is 30.8 Å². The van der Waals surface area contributed by atoms with E-state index in [2.05, 4.69) is 10.3 Å². The lowest BCUT2D eigenvalue weighted by molar-refractivity contribution is -0.137. The molecular formula is C12H18N2O3. The van der Waals surface area contributed by atoms with Crippen LogP contribution in [0.4, 0.5) is 0 Å². The first kappa shape index (κ1) is 13.4. The van der Waals surface area contributed by atoms with E-state index in [9.17, 15) is 4.79 Å². The average Bonchev–Trinajstić information content (AvgIpc) is 2.27. The Morgan fingerprint density at radius 3 is 2.94 bits per heavy atom. The second kappa shape index (κ2) is 6.85. The van der Waals surface area contributed by atoms with Gasteiger partial charge in [0.15, 0.2) is 0 Å². The molecule has 0 radical (unpaired) electrons. The van der Waals surface area contributed by atoms with Crippen molar-refractivity contribution in [3.63, 3.8) is 0 Å². The largest absolute Gasteiger partial charge is 0.497 e. The fourth-order valence-electron chi connectivity index (χ4n) is 1.49. The van der Waals surface area contributed by atoms with E-state index in [4.69, 9.17) is 9.84 Å². The van der Waals surface area contributed by atoms with Crippen LogP contribution in [0, 0.1) is 6.92 Å². The molecule has 0 amide bonds. The first-order valence-corrected chi connectivity index (χ1v) is 5.56. The molecule has 0 bridgehead atoms. The summed E-state index contributed by atoms with van der Waals surface area (Å²) in [5.74, 6) is 0.0296. The Labute approximate surface area is 101 Å². The van der Waals surface area contributed by atoms with Crippen LogP contribution in [0.1, 0.15) is 24.2 Å². The molecule has 1 aromatic heterocycles. The number of carboxylic acid groups (broad SMARTS) is 1. The molecule has 0 unspecified atom stereocenters. The summed E-state index contributed by atoms with van der Waals surface area (Å²) in [5.41, 5.74) is 1.81. The summed E-state index contributed by atoms with van der Waals surface area (Å²) < 4.78 is 5.15. The number of hydrogen-bond donors (Lipinski definition) is 2. The molecule has 2 N–H and O–H groups in total. The highest BCUT2D eigenvalue weighted by Crippen LogP contribution is 2.12. The van der Waals surface area contributed by atoms with Gasteiger partial charge in [0.25, 0.3) is 0 Å². The quantitative estimate of drug-likeness (QED) is 0.702. The van der Waals surface area contributed by atoms with Crippen LogP contribution in [0.2, 0.25) is 0 Å². The van der Waals surface area contributed by atoms with Crippen molar-refractivity contribution in [3.05, 3.63) is 23.5 Å². The summed E-state index contributed by atoms with van der Waals surface area (Å²) in [5, 5.41) is 11.6. The van der Waals surface area contributed by atoms with Gasteiger partial charge >= 0.3 is 5.97 Å². The fraction of sp³-hybridized carbons (Fsp3) is 0.500. The second-order valence-electron chi connectivity index (χ2n) is 3.81. The van der Waals surface area contributed by atoms with E-state index in [1.807, 2.05) is 19.1 Å². The number of nitrogens with one attached hydrogen (secondary N) is 1. The van der Waals surface area contributed by atoms with Crippen LogP contribution in [0.15, 0.2) is 12.1 Å². The van der Waals surface area contributed by atoms with Crippen molar-refractivity contribution < 1.29 is 14.6 Å². The number of carbonyl (C=O) groups is 1. The zero-order valence-corrected chi connectivity index (χ0v) is 10.2. The molecule has 0 spiro atoms. The SMILES string of the molecule is COc1cc(C)nc(CNCCCC(=O)O)c1. The van der Waals surface area contributed by atoms with Gasteiger partial charge in [-0.05, 0) is 19.9 Å². The van der Waals surface area contributed by atoms with E-state index in [0.29, 0.717) is 19.5 Å². The van der Waals surface area contributed by atoms with Crippen LogP contribution in [0.5, 0.6) is 5.75 Å². The Balaban J connectivity index is 2.36. The Hall–Kier alpha value is -1.62. The predicted octanol–water partition coefficient (Wildman–Crippen LogP) is 1.35. The minimum absolute atomic E-state index is 0.192. The van der Waals surface area contributed by atoms with Crippen LogP contribution in [0.3, 0.4) is 0 Å². The summed E-state index contributed by atoms with van der Waals surface area (Å²) in [6, 6.07) is 3.74. The summed E-state index contributed by atoms with van der Waals surface area (Å²) in [6.07, 6.45) is 0.815. The molecule has 0 saturated carbocycles. The molecule has 94 valence electrons. The van der Waals surface area contributed by atoms with Gasteiger partial charge in [-0.1, -0.05) is 0 Å². The normalized spacial score (nSPS) is 10.2. The monoisotopic (exact) mass is 238 g/mol. The van der Waals surface area contributed by atoms with Crippen LogP contribution < -0.4 is 10.1 Å². The molecule has 1 aromatic rings. The zero-order chi connectivity index (χ0) is 12.7. The van der Waals surface area contributed by atoms with Gasteiger partial charge in [0.1, 0.15) is 5.75 Å². The first-order valence-electron chi connectivity index (χ1n) is 5.56. The van der Waals surface area contributed by atoms with E-state index in [-0.39, 0.29) is 6.42 Å². The number of hydrogen-bond acceptors (Lipinski definition) is 4. The molecule has 0 fully saturated rings. The van der Waals surface area contributed by atoms with Crippen molar-refractivity contribution >= 4 is 5.97 Å². The highest BCUT2D eigenvalue weighted by atomic mass is 16.5. The topological polar surface area (TPSA) is 71.5 Å². The number of rotatable bonds is 7. The van der Waals surface area contributed by atoms with E-state index in [1.165, 1.54) is 0 Å². The maximum absolute atomic E-state index is 10.3. The van der Waals surface area contributed by atoms with Crippen molar-refractivity contribution in [2.24, 2.45) is 0 Å². The molecule has 1 heterocycles. The Kier molecular flexibility index (Phi) is 5.42. The molecule has 1 rings (SSSR count). The van der Waals surface area contributed by atoms with Crippen molar-refractivity contribution in [2.75, 3.05) is 13.7 Å². The van der Waals surface area contributed by atoms with Crippen LogP contribution >= 0.6 is 0 Å². The summed E-state index contributed by atoms with van der Waals surface area (Å²) in [6.45, 7) is 3.21. The molecule has 0 aliphatic rings. The maximum atomic E-state index is 10.3. The number of nitrogens with zero attached hydrogens (tertiary/aromatic N) is 1. The van der Waals surface area contributed by atoms with Crippen LogP contribution in [-0.4, -0.2) is 29.7 Å². The molecule has 0 aliphatic carbocycles. The van der Waals surface area contributed by atoms with Crippen molar-refractivity contribution in [3.8, 4) is 5.75 Å². The molecule has 0 aliphatic heterocycles. The smallest absolute Gasteiger partial charge is 0.303 e. The lowest BCUT2D eigenvalue weighted by atomic mass is 10.2. The van der Waals surface area contributed by atoms with Crippen molar-refractivity contribution in [1.29, 1.82) is 0 Å². The minimum atomic E-state index is -0.762. The summed E-state index contributed by atoms with van der Waals surface area (Å²) >= 11 is 0. The molecule has 0 atom stereocenters. The van der Waals surface area contributed by atoms with E-state index in [1.54, 1.807) is 7.11 Å². The highest BCUT2D eigenvalue weighted by molar-refractivity contribution is 5.66. The molecule has 17 heavy (non-hydrogen) atoms. The summed E-state index contributed by atoms with van der Waals surface area (Å²) in [7, 11) is 1.62. The molecule has 0 aromatic carbocycles. The van der Waals surface area contributed by atoms with E-state index >= 15 is 0 Å². The van der Waals surface area contributed by atoms with Gasteiger partial charge in [-0.2, -0.15) is 0 Å². The van der Waals surface area contributed by atoms with E-state index < -0.39 is 5.97 Å². The number of aryl methyl sites for hydroxylation is 1. The second-order valence-corrected chi connectivity index (χ2v) is 3.81. The third-order valence-electron chi connectivity index (χ3n) is 2.27. The lowest BCUT2D eigenvalue weighted by Gasteiger charge is -2.07. The number of pyridine rings is 1. The van der Waals surface area contributed by atoms with E-state index in [0.717, 1.165) is 17.1 Å². The third kappa shape index (κ3) is 5.31.